The molecular formula is C13H12F3N3O3. The van der Waals surface area contributed by atoms with Gasteiger partial charge in [0.05, 0.1) is 12.6 Å². The number of aliphatic hydroxyl groups is 1. The van der Waals surface area contributed by atoms with E-state index >= 15 is 0 Å². The van der Waals surface area contributed by atoms with Crippen molar-refractivity contribution in [3.05, 3.63) is 36.1 Å². The van der Waals surface area contributed by atoms with Gasteiger partial charge in [0.15, 0.2) is 5.82 Å². The molecule has 0 saturated heterocycles. The smallest absolute Gasteiger partial charge is 0.426 e. The fourth-order valence-electron chi connectivity index (χ4n) is 1.87. The van der Waals surface area contributed by atoms with Crippen molar-refractivity contribution < 1.29 is 27.2 Å². The summed E-state index contributed by atoms with van der Waals surface area (Å²) in [5.41, 5.74) is -3.31. The molecule has 1 fully saturated rings. The molecule has 0 radical (unpaired) electrons. The summed E-state index contributed by atoms with van der Waals surface area (Å²) in [6.07, 6.45) is 1.61. The highest BCUT2D eigenvalue weighted by Gasteiger charge is 2.59. The van der Waals surface area contributed by atoms with E-state index in [-0.39, 0.29) is 11.7 Å². The highest BCUT2D eigenvalue weighted by atomic mass is 19.4. The highest BCUT2D eigenvalue weighted by molar-refractivity contribution is 5.38. The molecule has 2 aromatic rings. The van der Waals surface area contributed by atoms with Crippen LogP contribution in [-0.4, -0.2) is 26.4 Å². The number of hydrogen-bond donors (Lipinski definition) is 1. The Labute approximate surface area is 122 Å². The molecule has 1 N–H and O–H groups in total. The monoisotopic (exact) mass is 315 g/mol. The molecule has 118 valence electrons. The summed E-state index contributed by atoms with van der Waals surface area (Å²) in [5, 5.41) is 13.4. The lowest BCUT2D eigenvalue weighted by Gasteiger charge is -2.25. The van der Waals surface area contributed by atoms with Crippen LogP contribution in [0.4, 0.5) is 13.2 Å². The second-order valence-corrected chi connectivity index (χ2v) is 5.12. The first kappa shape index (κ1) is 14.8. The van der Waals surface area contributed by atoms with Crippen molar-refractivity contribution in [3.8, 4) is 0 Å². The van der Waals surface area contributed by atoms with Crippen molar-refractivity contribution in [1.82, 2.24) is 15.1 Å². The molecule has 0 bridgehead atoms. The molecule has 0 aromatic carbocycles. The van der Waals surface area contributed by atoms with Crippen LogP contribution in [0.3, 0.4) is 0 Å². The Kier molecular flexibility index (Phi) is 3.51. The van der Waals surface area contributed by atoms with Crippen LogP contribution < -0.4 is 0 Å². The number of nitrogens with zero attached hydrogens (tertiary/aromatic N) is 3. The average Bonchev–Trinajstić information content (AvgIpc) is 2.93. The molecule has 22 heavy (non-hydrogen) atoms. The van der Waals surface area contributed by atoms with Crippen LogP contribution in [0.15, 0.2) is 27.5 Å². The third-order valence-corrected chi connectivity index (χ3v) is 3.29. The van der Waals surface area contributed by atoms with Crippen LogP contribution in [0.25, 0.3) is 6.08 Å². The number of halogens is 3. The van der Waals surface area contributed by atoms with E-state index in [1.54, 1.807) is 6.08 Å². The van der Waals surface area contributed by atoms with E-state index in [2.05, 4.69) is 19.5 Å². The summed E-state index contributed by atoms with van der Waals surface area (Å²) in [4.78, 5) is 7.21. The Balaban J connectivity index is 1.82. The van der Waals surface area contributed by atoms with E-state index in [1.165, 1.54) is 0 Å². The molecule has 0 aliphatic heterocycles. The zero-order valence-corrected chi connectivity index (χ0v) is 11.2. The van der Waals surface area contributed by atoms with Crippen LogP contribution in [0.1, 0.15) is 30.4 Å². The maximum Gasteiger partial charge on any atom is 0.426 e. The first-order chi connectivity index (χ1) is 10.4. The summed E-state index contributed by atoms with van der Waals surface area (Å²) in [6.45, 7) is 0. The minimum Gasteiger partial charge on any atom is -0.446 e. The van der Waals surface area contributed by atoms with E-state index in [9.17, 15) is 18.3 Å². The molecule has 1 saturated carbocycles. The molecule has 1 aliphatic carbocycles. The van der Waals surface area contributed by atoms with Gasteiger partial charge in [-0.3, -0.25) is 0 Å². The fraction of sp³-hybridized carbons (Fsp3) is 0.462. The Bertz CT molecular complexity index is 662. The lowest BCUT2D eigenvalue weighted by atomic mass is 9.98. The highest BCUT2D eigenvalue weighted by Crippen LogP contribution is 2.40. The summed E-state index contributed by atoms with van der Waals surface area (Å²) in [7, 11) is 0. The summed E-state index contributed by atoms with van der Waals surface area (Å²) < 4.78 is 49.0. The van der Waals surface area contributed by atoms with Crippen LogP contribution in [0.5, 0.6) is 0 Å². The minimum absolute atomic E-state index is 0.0961. The first-order valence-electron chi connectivity index (χ1n) is 6.58. The van der Waals surface area contributed by atoms with Gasteiger partial charge in [-0.15, -0.1) is 0 Å². The van der Waals surface area contributed by atoms with Gasteiger partial charge >= 0.3 is 6.18 Å². The Morgan fingerprint density at radius 1 is 1.36 bits per heavy atom. The third kappa shape index (κ3) is 2.89. The van der Waals surface area contributed by atoms with Crippen molar-refractivity contribution in [2.24, 2.45) is 5.92 Å². The molecule has 0 spiro atoms. The number of rotatable bonds is 5. The maximum atomic E-state index is 13.2. The van der Waals surface area contributed by atoms with Gasteiger partial charge < -0.3 is 14.0 Å². The Hall–Kier alpha value is -2.16. The molecule has 2 aromatic heterocycles. The molecule has 6 nitrogen and oxygen atoms in total. The normalized spacial score (nSPS) is 18.7. The predicted octanol–water partition coefficient (Wildman–Crippen LogP) is 2.47. The van der Waals surface area contributed by atoms with Crippen molar-refractivity contribution >= 4 is 6.08 Å². The third-order valence-electron chi connectivity index (χ3n) is 3.29. The lowest BCUT2D eigenvalue weighted by Crippen LogP contribution is -2.44. The van der Waals surface area contributed by atoms with Gasteiger partial charge in [0, 0.05) is 0 Å². The second kappa shape index (κ2) is 5.24. The summed E-state index contributed by atoms with van der Waals surface area (Å²) >= 11 is 0. The molecular weight excluding hydrogens is 303 g/mol. The van der Waals surface area contributed by atoms with Crippen LogP contribution in [-0.2, 0) is 12.0 Å². The quantitative estimate of drug-likeness (QED) is 0.912. The van der Waals surface area contributed by atoms with Crippen molar-refractivity contribution in [2.45, 2.75) is 31.0 Å². The van der Waals surface area contributed by atoms with Crippen molar-refractivity contribution in [3.63, 3.8) is 0 Å². The van der Waals surface area contributed by atoms with Gasteiger partial charge in [-0.1, -0.05) is 11.2 Å². The number of alkyl halides is 3. The van der Waals surface area contributed by atoms with Gasteiger partial charge in [-0.05, 0) is 24.8 Å². The zero-order chi connectivity index (χ0) is 15.8. The molecule has 1 aliphatic rings. The van der Waals surface area contributed by atoms with E-state index < -0.39 is 24.1 Å². The Morgan fingerprint density at radius 2 is 2.14 bits per heavy atom. The van der Waals surface area contributed by atoms with E-state index in [0.717, 1.165) is 25.3 Å². The average molecular weight is 315 g/mol. The zero-order valence-electron chi connectivity index (χ0n) is 11.2. The largest absolute Gasteiger partial charge is 0.446 e. The SMILES string of the molecule is OC(Cc1noc(/C=C/C2CC2)n1)(c1ncco1)C(F)(F)F. The van der Waals surface area contributed by atoms with Crippen LogP contribution in [0, 0.1) is 5.92 Å². The molecule has 2 heterocycles. The van der Waals surface area contributed by atoms with Crippen molar-refractivity contribution in [2.75, 3.05) is 0 Å². The molecule has 1 atom stereocenters. The van der Waals surface area contributed by atoms with Gasteiger partial charge in [0.2, 0.25) is 17.4 Å². The number of allylic oxidation sites excluding steroid dienone is 1. The van der Waals surface area contributed by atoms with Crippen molar-refractivity contribution in [1.29, 1.82) is 0 Å². The number of hydrogen-bond acceptors (Lipinski definition) is 6. The number of aromatic nitrogens is 3. The van der Waals surface area contributed by atoms with Gasteiger partial charge in [-0.2, -0.15) is 18.2 Å². The molecule has 1 unspecified atom stereocenters. The standard InChI is InChI=1S/C13H12F3N3O3/c14-13(15,16)12(20,11-17-5-6-21-11)7-9-18-10(22-19-9)4-3-8-1-2-8/h3-6,8,20H,1-2,7H2/b4-3+. The van der Waals surface area contributed by atoms with Crippen LogP contribution in [0.2, 0.25) is 0 Å². The first-order valence-corrected chi connectivity index (χ1v) is 6.58. The molecule has 3 rings (SSSR count). The van der Waals surface area contributed by atoms with E-state index in [1.807, 2.05) is 6.08 Å². The fourth-order valence-corrected chi connectivity index (χ4v) is 1.87. The van der Waals surface area contributed by atoms with E-state index in [4.69, 9.17) is 4.52 Å². The van der Waals surface area contributed by atoms with E-state index in [0.29, 0.717) is 5.92 Å². The molecule has 9 heteroatoms. The van der Waals surface area contributed by atoms with Gasteiger partial charge in [0.1, 0.15) is 6.26 Å². The molecule has 0 amide bonds. The summed E-state index contributed by atoms with van der Waals surface area (Å²) in [6, 6.07) is 0. The van der Waals surface area contributed by atoms with Crippen LogP contribution >= 0.6 is 0 Å². The predicted molar refractivity (Wildman–Crippen MR) is 66.2 cm³/mol. The lowest BCUT2D eigenvalue weighted by molar-refractivity contribution is -0.274. The Morgan fingerprint density at radius 3 is 2.73 bits per heavy atom. The topological polar surface area (TPSA) is 85.2 Å². The summed E-state index contributed by atoms with van der Waals surface area (Å²) in [5.74, 6) is -0.582. The maximum absolute atomic E-state index is 13.2. The van der Waals surface area contributed by atoms with Gasteiger partial charge in [-0.25, -0.2) is 4.98 Å². The number of oxazole rings is 1. The minimum atomic E-state index is -5.00. The van der Waals surface area contributed by atoms with Gasteiger partial charge in [0.25, 0.3) is 0 Å². The second-order valence-electron chi connectivity index (χ2n) is 5.12.